The SMILES string of the molecule is Cc1nc2ccccc2cc1C(=O)N/N=C\c1ccccc1O. The maximum atomic E-state index is 12.3. The molecule has 0 aliphatic heterocycles. The van der Waals surface area contributed by atoms with E-state index < -0.39 is 0 Å². The molecule has 0 spiro atoms. The summed E-state index contributed by atoms with van der Waals surface area (Å²) in [6.07, 6.45) is 1.40. The number of pyridine rings is 1. The summed E-state index contributed by atoms with van der Waals surface area (Å²) in [5.41, 5.74) is 4.94. The lowest BCUT2D eigenvalue weighted by Crippen LogP contribution is -2.19. The number of para-hydroxylation sites is 2. The number of phenols is 1. The van der Waals surface area contributed by atoms with Gasteiger partial charge in [-0.1, -0.05) is 30.3 Å². The molecule has 114 valence electrons. The maximum Gasteiger partial charge on any atom is 0.273 e. The van der Waals surface area contributed by atoms with E-state index in [0.717, 1.165) is 10.9 Å². The summed E-state index contributed by atoms with van der Waals surface area (Å²) >= 11 is 0. The normalized spacial score (nSPS) is 11.0. The highest BCUT2D eigenvalue weighted by molar-refractivity contribution is 5.99. The number of nitrogens with one attached hydrogen (secondary N) is 1. The highest BCUT2D eigenvalue weighted by Crippen LogP contribution is 2.16. The zero-order valence-electron chi connectivity index (χ0n) is 12.5. The molecule has 0 unspecified atom stereocenters. The van der Waals surface area contributed by atoms with Gasteiger partial charge < -0.3 is 5.11 Å². The van der Waals surface area contributed by atoms with Crippen molar-refractivity contribution >= 4 is 23.0 Å². The van der Waals surface area contributed by atoms with Crippen molar-refractivity contribution in [3.63, 3.8) is 0 Å². The summed E-state index contributed by atoms with van der Waals surface area (Å²) in [4.78, 5) is 16.7. The first-order valence-electron chi connectivity index (χ1n) is 7.13. The number of carbonyl (C=O) groups is 1. The van der Waals surface area contributed by atoms with Crippen LogP contribution in [0.3, 0.4) is 0 Å². The van der Waals surface area contributed by atoms with Crippen LogP contribution in [0.4, 0.5) is 0 Å². The van der Waals surface area contributed by atoms with Gasteiger partial charge in [0.2, 0.25) is 0 Å². The van der Waals surface area contributed by atoms with Crippen molar-refractivity contribution in [2.24, 2.45) is 5.10 Å². The van der Waals surface area contributed by atoms with E-state index in [4.69, 9.17) is 0 Å². The Kier molecular flexibility index (Phi) is 4.01. The van der Waals surface area contributed by atoms with E-state index in [0.29, 0.717) is 16.8 Å². The molecule has 0 bridgehead atoms. The van der Waals surface area contributed by atoms with Crippen molar-refractivity contribution < 1.29 is 9.90 Å². The predicted octanol–water partition coefficient (Wildman–Crippen LogP) is 3.01. The average Bonchev–Trinajstić information content (AvgIpc) is 2.56. The van der Waals surface area contributed by atoms with E-state index in [9.17, 15) is 9.90 Å². The summed E-state index contributed by atoms with van der Waals surface area (Å²) in [6, 6.07) is 16.2. The van der Waals surface area contributed by atoms with Crippen LogP contribution in [0, 0.1) is 6.92 Å². The minimum atomic E-state index is -0.340. The summed E-state index contributed by atoms with van der Waals surface area (Å²) in [7, 11) is 0. The number of phenolic OH excluding ortho intramolecular Hbond substituents is 1. The van der Waals surface area contributed by atoms with Gasteiger partial charge in [-0.25, -0.2) is 5.43 Å². The van der Waals surface area contributed by atoms with Gasteiger partial charge in [0.05, 0.1) is 23.0 Å². The first-order valence-corrected chi connectivity index (χ1v) is 7.13. The van der Waals surface area contributed by atoms with Crippen LogP contribution >= 0.6 is 0 Å². The lowest BCUT2D eigenvalue weighted by molar-refractivity contribution is 0.0954. The van der Waals surface area contributed by atoms with Crippen molar-refractivity contribution in [2.45, 2.75) is 6.92 Å². The first-order chi connectivity index (χ1) is 11.1. The number of benzene rings is 2. The number of fused-ring (bicyclic) bond motifs is 1. The number of aromatic hydroxyl groups is 1. The fraction of sp³-hybridized carbons (Fsp3) is 0.0556. The number of aryl methyl sites for hydroxylation is 1. The molecule has 5 heteroatoms. The molecule has 3 rings (SSSR count). The van der Waals surface area contributed by atoms with Crippen LogP contribution in [0.5, 0.6) is 5.75 Å². The second-order valence-corrected chi connectivity index (χ2v) is 5.07. The monoisotopic (exact) mass is 305 g/mol. The summed E-state index contributed by atoms with van der Waals surface area (Å²) in [5.74, 6) is -0.235. The molecule has 2 aromatic carbocycles. The van der Waals surface area contributed by atoms with Crippen LogP contribution in [0.2, 0.25) is 0 Å². The molecule has 1 amide bonds. The zero-order chi connectivity index (χ0) is 16.2. The number of rotatable bonds is 3. The quantitative estimate of drug-likeness (QED) is 0.577. The fourth-order valence-electron chi connectivity index (χ4n) is 2.26. The van der Waals surface area contributed by atoms with E-state index in [-0.39, 0.29) is 11.7 Å². The molecular formula is C18H15N3O2. The van der Waals surface area contributed by atoms with Gasteiger partial charge in [0.1, 0.15) is 5.75 Å². The lowest BCUT2D eigenvalue weighted by atomic mass is 10.1. The van der Waals surface area contributed by atoms with Crippen molar-refractivity contribution in [1.29, 1.82) is 0 Å². The Morgan fingerprint density at radius 1 is 1.17 bits per heavy atom. The van der Waals surface area contributed by atoms with Crippen molar-refractivity contribution in [2.75, 3.05) is 0 Å². The number of nitrogens with zero attached hydrogens (tertiary/aromatic N) is 2. The Morgan fingerprint density at radius 3 is 2.74 bits per heavy atom. The molecule has 2 N–H and O–H groups in total. The van der Waals surface area contributed by atoms with Crippen molar-refractivity contribution in [1.82, 2.24) is 10.4 Å². The van der Waals surface area contributed by atoms with E-state index >= 15 is 0 Å². The van der Waals surface area contributed by atoms with Crippen LogP contribution in [0.1, 0.15) is 21.6 Å². The van der Waals surface area contributed by atoms with Crippen LogP contribution in [-0.4, -0.2) is 22.2 Å². The average molecular weight is 305 g/mol. The summed E-state index contributed by atoms with van der Waals surface area (Å²) in [6.45, 7) is 1.79. The van der Waals surface area contributed by atoms with Crippen LogP contribution in [0.25, 0.3) is 10.9 Å². The third kappa shape index (κ3) is 3.18. The fourth-order valence-corrected chi connectivity index (χ4v) is 2.26. The Morgan fingerprint density at radius 2 is 1.91 bits per heavy atom. The Labute approximate surface area is 133 Å². The van der Waals surface area contributed by atoms with Gasteiger partial charge >= 0.3 is 0 Å². The molecule has 0 atom stereocenters. The van der Waals surface area contributed by atoms with E-state index in [1.54, 1.807) is 37.3 Å². The second-order valence-electron chi connectivity index (χ2n) is 5.07. The van der Waals surface area contributed by atoms with Gasteiger partial charge in [0.15, 0.2) is 0 Å². The smallest absolute Gasteiger partial charge is 0.273 e. The molecule has 0 saturated carbocycles. The standard InChI is InChI=1S/C18H15N3O2/c1-12-15(10-13-6-2-4-8-16(13)20-12)18(23)21-19-11-14-7-3-5-9-17(14)22/h2-11,22H,1H3,(H,21,23)/b19-11-. The number of hydrogen-bond donors (Lipinski definition) is 2. The highest BCUT2D eigenvalue weighted by Gasteiger charge is 2.10. The van der Waals surface area contributed by atoms with Gasteiger partial charge in [-0.3, -0.25) is 9.78 Å². The molecule has 0 aliphatic carbocycles. The Balaban J connectivity index is 1.81. The third-order valence-corrected chi connectivity index (χ3v) is 3.47. The first kappa shape index (κ1) is 14.7. The Hall–Kier alpha value is -3.21. The van der Waals surface area contributed by atoms with Gasteiger partial charge in [0, 0.05) is 10.9 Å². The molecule has 23 heavy (non-hydrogen) atoms. The molecule has 1 heterocycles. The van der Waals surface area contributed by atoms with E-state index in [1.807, 2.05) is 24.3 Å². The number of aromatic nitrogens is 1. The number of hydrogen-bond acceptors (Lipinski definition) is 4. The van der Waals surface area contributed by atoms with Crippen molar-refractivity contribution in [3.8, 4) is 5.75 Å². The Bertz CT molecular complexity index is 904. The molecule has 0 fully saturated rings. The molecule has 0 aliphatic rings. The zero-order valence-corrected chi connectivity index (χ0v) is 12.5. The molecular weight excluding hydrogens is 290 g/mol. The van der Waals surface area contributed by atoms with Gasteiger partial charge in [-0.15, -0.1) is 0 Å². The summed E-state index contributed by atoms with van der Waals surface area (Å²) in [5, 5.41) is 14.4. The number of hydrazone groups is 1. The molecule has 5 nitrogen and oxygen atoms in total. The maximum absolute atomic E-state index is 12.3. The van der Waals surface area contributed by atoms with Gasteiger partial charge in [0.25, 0.3) is 5.91 Å². The predicted molar refractivity (Wildman–Crippen MR) is 89.6 cm³/mol. The van der Waals surface area contributed by atoms with Crippen LogP contribution in [0.15, 0.2) is 59.7 Å². The highest BCUT2D eigenvalue weighted by atomic mass is 16.3. The topological polar surface area (TPSA) is 74.6 Å². The lowest BCUT2D eigenvalue weighted by Gasteiger charge is -2.06. The number of amides is 1. The minimum absolute atomic E-state index is 0.106. The largest absolute Gasteiger partial charge is 0.507 e. The molecule has 1 aromatic heterocycles. The number of carbonyl (C=O) groups excluding carboxylic acids is 1. The minimum Gasteiger partial charge on any atom is -0.507 e. The molecule has 0 radical (unpaired) electrons. The van der Waals surface area contributed by atoms with E-state index in [2.05, 4.69) is 15.5 Å². The van der Waals surface area contributed by atoms with Gasteiger partial charge in [-0.2, -0.15) is 5.10 Å². The van der Waals surface area contributed by atoms with Crippen LogP contribution in [-0.2, 0) is 0 Å². The molecule has 0 saturated heterocycles. The third-order valence-electron chi connectivity index (χ3n) is 3.47. The van der Waals surface area contributed by atoms with E-state index in [1.165, 1.54) is 6.21 Å². The van der Waals surface area contributed by atoms with Gasteiger partial charge in [-0.05, 0) is 31.2 Å². The second kappa shape index (κ2) is 6.27. The molecule has 3 aromatic rings. The summed E-state index contributed by atoms with van der Waals surface area (Å²) < 4.78 is 0. The van der Waals surface area contributed by atoms with Crippen molar-refractivity contribution in [3.05, 3.63) is 71.4 Å². The van der Waals surface area contributed by atoms with Crippen LogP contribution < -0.4 is 5.43 Å².